The molecule has 21 heavy (non-hydrogen) atoms. The van der Waals surface area contributed by atoms with Crippen molar-refractivity contribution in [2.24, 2.45) is 5.92 Å². The second-order valence-corrected chi connectivity index (χ2v) is 6.25. The van der Waals surface area contributed by atoms with Gasteiger partial charge in [-0.25, -0.2) is 0 Å². The zero-order chi connectivity index (χ0) is 15.5. The Morgan fingerprint density at radius 2 is 2.00 bits per heavy atom. The van der Waals surface area contributed by atoms with Crippen molar-refractivity contribution in [3.63, 3.8) is 0 Å². The van der Waals surface area contributed by atoms with Gasteiger partial charge >= 0.3 is 6.18 Å². The van der Waals surface area contributed by atoms with Gasteiger partial charge in [0.05, 0.1) is 12.0 Å². The number of alkyl halides is 3. The summed E-state index contributed by atoms with van der Waals surface area (Å²) in [5.74, 6) is -1.30. The molecule has 3 atom stereocenters. The van der Waals surface area contributed by atoms with Crippen LogP contribution in [0.15, 0.2) is 0 Å². The Hall–Kier alpha value is -0.780. The normalized spacial score (nSPS) is 31.2. The van der Waals surface area contributed by atoms with E-state index in [9.17, 15) is 18.0 Å². The van der Waals surface area contributed by atoms with Crippen molar-refractivity contribution in [3.05, 3.63) is 0 Å². The molecule has 122 valence electrons. The Bertz CT molecular complexity index is 349. The molecule has 0 aromatic heterocycles. The predicted octanol–water partition coefficient (Wildman–Crippen LogP) is 3.10. The number of carbonyl (C=O) groups excluding carboxylic acids is 1. The van der Waals surface area contributed by atoms with Crippen molar-refractivity contribution in [1.82, 2.24) is 10.2 Å². The van der Waals surface area contributed by atoms with Crippen molar-refractivity contribution in [2.75, 3.05) is 13.1 Å². The van der Waals surface area contributed by atoms with Crippen LogP contribution in [0.1, 0.15) is 51.9 Å². The van der Waals surface area contributed by atoms with E-state index in [0.29, 0.717) is 6.42 Å². The first-order valence-electron chi connectivity index (χ1n) is 8.04. The highest BCUT2D eigenvalue weighted by atomic mass is 19.4. The fourth-order valence-corrected chi connectivity index (χ4v) is 3.47. The monoisotopic (exact) mass is 306 g/mol. The molecule has 0 spiro atoms. The number of halogens is 3. The van der Waals surface area contributed by atoms with Gasteiger partial charge in [0, 0.05) is 19.1 Å². The van der Waals surface area contributed by atoms with E-state index in [4.69, 9.17) is 0 Å². The van der Waals surface area contributed by atoms with Gasteiger partial charge < -0.3 is 10.2 Å². The van der Waals surface area contributed by atoms with Gasteiger partial charge in [0.15, 0.2) is 0 Å². The molecule has 0 aromatic carbocycles. The topological polar surface area (TPSA) is 32.3 Å². The standard InChI is InChI=1S/C15H25F3N2O/c1-2-5-12-6-3-4-9-20(12)14(21)13-8-7-11(10-19-13)15(16,17)18/h11-13,19H,2-10H2,1H3. The van der Waals surface area contributed by atoms with Gasteiger partial charge in [-0.15, -0.1) is 0 Å². The molecule has 2 saturated heterocycles. The van der Waals surface area contributed by atoms with Crippen LogP contribution in [0.2, 0.25) is 0 Å². The van der Waals surface area contributed by atoms with Crippen LogP contribution in [0.25, 0.3) is 0 Å². The van der Waals surface area contributed by atoms with Gasteiger partial charge in [-0.2, -0.15) is 13.2 Å². The van der Waals surface area contributed by atoms with Crippen molar-refractivity contribution < 1.29 is 18.0 Å². The zero-order valence-corrected chi connectivity index (χ0v) is 12.6. The van der Waals surface area contributed by atoms with E-state index in [1.807, 2.05) is 4.90 Å². The molecule has 0 aliphatic carbocycles. The first kappa shape index (κ1) is 16.6. The molecule has 1 amide bonds. The molecule has 2 aliphatic heterocycles. The maximum absolute atomic E-state index is 12.7. The largest absolute Gasteiger partial charge is 0.393 e. The highest BCUT2D eigenvalue weighted by molar-refractivity contribution is 5.82. The van der Waals surface area contributed by atoms with Crippen LogP contribution in [0.5, 0.6) is 0 Å². The Kier molecular flexibility index (Phi) is 5.52. The van der Waals surface area contributed by atoms with Crippen molar-refractivity contribution in [2.45, 2.75) is 70.1 Å². The van der Waals surface area contributed by atoms with Gasteiger partial charge in [-0.3, -0.25) is 4.79 Å². The lowest BCUT2D eigenvalue weighted by Gasteiger charge is -2.40. The maximum Gasteiger partial charge on any atom is 0.393 e. The number of rotatable bonds is 3. The van der Waals surface area contributed by atoms with Crippen LogP contribution >= 0.6 is 0 Å². The Balaban J connectivity index is 1.91. The van der Waals surface area contributed by atoms with Gasteiger partial charge in [0.1, 0.15) is 0 Å². The number of amides is 1. The van der Waals surface area contributed by atoms with Crippen LogP contribution in [0.3, 0.4) is 0 Å². The molecule has 2 aliphatic rings. The Morgan fingerprint density at radius 3 is 2.57 bits per heavy atom. The van der Waals surface area contributed by atoms with Crippen molar-refractivity contribution >= 4 is 5.91 Å². The van der Waals surface area contributed by atoms with E-state index >= 15 is 0 Å². The molecule has 3 nitrogen and oxygen atoms in total. The summed E-state index contributed by atoms with van der Waals surface area (Å²) < 4.78 is 38.0. The third-order valence-corrected chi connectivity index (χ3v) is 4.71. The third kappa shape index (κ3) is 4.11. The van der Waals surface area contributed by atoms with E-state index in [2.05, 4.69) is 12.2 Å². The number of hydrogen-bond acceptors (Lipinski definition) is 2. The number of hydrogen-bond donors (Lipinski definition) is 1. The average Bonchev–Trinajstić information content (AvgIpc) is 2.47. The van der Waals surface area contributed by atoms with E-state index < -0.39 is 18.1 Å². The molecule has 2 heterocycles. The molecule has 0 radical (unpaired) electrons. The summed E-state index contributed by atoms with van der Waals surface area (Å²) in [6, 6.07) is -0.153. The van der Waals surface area contributed by atoms with E-state index in [1.165, 1.54) is 0 Å². The summed E-state index contributed by atoms with van der Waals surface area (Å²) in [4.78, 5) is 14.5. The van der Waals surface area contributed by atoms with E-state index in [1.54, 1.807) is 0 Å². The van der Waals surface area contributed by atoms with Gasteiger partial charge in [0.25, 0.3) is 0 Å². The van der Waals surface area contributed by atoms with E-state index in [-0.39, 0.29) is 24.9 Å². The first-order chi connectivity index (χ1) is 9.93. The number of likely N-dealkylation sites (tertiary alicyclic amines) is 1. The van der Waals surface area contributed by atoms with Gasteiger partial charge in [-0.1, -0.05) is 13.3 Å². The smallest absolute Gasteiger partial charge is 0.338 e. The summed E-state index contributed by atoms with van der Waals surface area (Å²) >= 11 is 0. The molecular weight excluding hydrogens is 281 g/mol. The lowest BCUT2D eigenvalue weighted by molar-refractivity contribution is -0.181. The molecule has 3 unspecified atom stereocenters. The minimum Gasteiger partial charge on any atom is -0.338 e. The van der Waals surface area contributed by atoms with Crippen LogP contribution < -0.4 is 5.32 Å². The second kappa shape index (κ2) is 6.99. The predicted molar refractivity (Wildman–Crippen MR) is 74.8 cm³/mol. The fraction of sp³-hybridized carbons (Fsp3) is 0.933. The average molecular weight is 306 g/mol. The highest BCUT2D eigenvalue weighted by Crippen LogP contribution is 2.32. The number of piperidine rings is 2. The molecule has 1 N–H and O–H groups in total. The van der Waals surface area contributed by atoms with Crippen LogP contribution in [-0.4, -0.2) is 42.2 Å². The van der Waals surface area contributed by atoms with Crippen molar-refractivity contribution in [1.29, 1.82) is 0 Å². The molecule has 2 rings (SSSR count). The molecule has 0 bridgehead atoms. The maximum atomic E-state index is 12.7. The minimum atomic E-state index is -4.16. The fourth-order valence-electron chi connectivity index (χ4n) is 3.47. The summed E-state index contributed by atoms with van der Waals surface area (Å²) in [6.45, 7) is 2.72. The van der Waals surface area contributed by atoms with Crippen LogP contribution in [0, 0.1) is 5.92 Å². The number of nitrogens with one attached hydrogen (secondary N) is 1. The second-order valence-electron chi connectivity index (χ2n) is 6.25. The van der Waals surface area contributed by atoms with Crippen LogP contribution in [0.4, 0.5) is 13.2 Å². The van der Waals surface area contributed by atoms with Gasteiger partial charge in [0.2, 0.25) is 5.91 Å². The quantitative estimate of drug-likeness (QED) is 0.869. The SMILES string of the molecule is CCCC1CCCCN1C(=O)C1CCC(C(F)(F)F)CN1. The Morgan fingerprint density at radius 1 is 1.24 bits per heavy atom. The summed E-state index contributed by atoms with van der Waals surface area (Å²) in [6.07, 6.45) is 1.38. The minimum absolute atomic E-state index is 0.00812. The first-order valence-corrected chi connectivity index (χ1v) is 8.04. The third-order valence-electron chi connectivity index (χ3n) is 4.71. The van der Waals surface area contributed by atoms with Gasteiger partial charge in [-0.05, 0) is 38.5 Å². The molecule has 0 aromatic rings. The van der Waals surface area contributed by atoms with Crippen molar-refractivity contribution in [3.8, 4) is 0 Å². The molecule has 6 heteroatoms. The summed E-state index contributed by atoms with van der Waals surface area (Å²) in [5.41, 5.74) is 0. The summed E-state index contributed by atoms with van der Waals surface area (Å²) in [5, 5.41) is 2.82. The molecular formula is C15H25F3N2O. The van der Waals surface area contributed by atoms with E-state index in [0.717, 1.165) is 38.6 Å². The number of nitrogens with zero attached hydrogens (tertiary/aromatic N) is 1. The van der Waals surface area contributed by atoms with Crippen LogP contribution in [-0.2, 0) is 4.79 Å². The highest BCUT2D eigenvalue weighted by Gasteiger charge is 2.43. The molecule has 2 fully saturated rings. The zero-order valence-electron chi connectivity index (χ0n) is 12.6. The Labute approximate surface area is 124 Å². The summed E-state index contributed by atoms with van der Waals surface area (Å²) in [7, 11) is 0. The lowest BCUT2D eigenvalue weighted by Crippen LogP contribution is -2.55. The lowest BCUT2D eigenvalue weighted by atomic mass is 9.91. The number of carbonyl (C=O) groups is 1. The molecule has 0 saturated carbocycles.